The van der Waals surface area contributed by atoms with Gasteiger partial charge >= 0.3 is 29.9 Å². The summed E-state index contributed by atoms with van der Waals surface area (Å²) < 4.78 is 105. The van der Waals surface area contributed by atoms with Gasteiger partial charge in [0.05, 0.1) is 130 Å². The minimum atomic E-state index is -4.41. The van der Waals surface area contributed by atoms with E-state index in [1.807, 2.05) is 88.4 Å². The van der Waals surface area contributed by atoms with Crippen molar-refractivity contribution in [2.75, 3.05) is 146 Å². The Labute approximate surface area is 846 Å². The Kier molecular flexibility index (Phi) is 44.9. The number of imidazole rings is 3. The second-order valence-corrected chi connectivity index (χ2v) is 65.9. The van der Waals surface area contributed by atoms with Crippen molar-refractivity contribution >= 4 is 197 Å². The standard InChI is InChI=1S/C28H31ClN3O5P.C24H23ClN3O5P.C18H19ClIN2O4P.C10H14BNO3.2C7H18OSi.C3H9BrSi/c1-4-35-38(33,36-5-2)27-16-22(11-6-19(27)3)37-28-30-25-17-23(24(29)18-26(25)31-28)20-7-9-21(10-8-20)32-12-14-34-15-13-32;1-15-2-7-18(12-23(15)34(29,30)31)33-24-26-21-13-19(20(25)14-22(21)27-24)16-3-5-17(6-4-16)28-8-10-32-11-9-28;1-4-24-27(23,25-5-2)17-8-12(7-6-11(17)3)26-18-21-15-9-13(19)14(20)10-16(15)22-18;13-11(14)9-1-3-10(4-2-9)12-5-7-15-8-6-12;2*1-5-8-6-7-9(2,3)4;1-5(2,3)4/h6-11,16-18H,4-5,12-15H2,1-3H3,(H,30,31);2-7,12-14H,8-11H2,1H3,(H,26,27)(H2,29,30,31);6-10H,4-5H2,1-3H3,(H,21,22);1-4,13-14H,5-8H2;2*5-7H2,1-4H3;1-3H3. The molecule has 40 heteroatoms. The van der Waals surface area contributed by atoms with Crippen molar-refractivity contribution in [1.82, 2.24) is 29.9 Å². The number of benzene rings is 9. The molecule has 9 aromatic carbocycles. The molecule has 0 unspecified atom stereocenters. The molecule has 744 valence electrons. The maximum absolute atomic E-state index is 13.4. The van der Waals surface area contributed by atoms with Crippen LogP contribution in [0.25, 0.3) is 55.4 Å². The Morgan fingerprint density at radius 1 is 0.423 bits per heavy atom. The van der Waals surface area contributed by atoms with Crippen molar-refractivity contribution in [3.05, 3.63) is 199 Å². The predicted octanol–water partition coefficient (Wildman–Crippen LogP) is 23.3. The van der Waals surface area contributed by atoms with Gasteiger partial charge in [-0.1, -0.05) is 148 Å². The van der Waals surface area contributed by atoms with Crippen LogP contribution in [-0.2, 0) is 55.5 Å². The smallest absolute Gasteiger partial charge is 0.426 e. The second-order valence-electron chi connectivity index (χ2n) is 35.4. The van der Waals surface area contributed by atoms with E-state index in [0.717, 1.165) is 176 Å². The van der Waals surface area contributed by atoms with Crippen LogP contribution in [-0.4, -0.2) is 211 Å². The van der Waals surface area contributed by atoms with Crippen LogP contribution in [0, 0.1) is 24.3 Å². The van der Waals surface area contributed by atoms with Crippen LogP contribution in [0.5, 0.6) is 35.3 Å². The van der Waals surface area contributed by atoms with Crippen LogP contribution in [0.1, 0.15) is 58.2 Å². The first-order valence-electron chi connectivity index (χ1n) is 45.9. The van der Waals surface area contributed by atoms with Gasteiger partial charge in [0.25, 0.3) is 18.0 Å². The third-order valence-corrected chi connectivity index (χ3v) is 32.2. The Morgan fingerprint density at radius 3 is 1.01 bits per heavy atom. The van der Waals surface area contributed by atoms with Crippen molar-refractivity contribution in [1.29, 1.82) is 0 Å². The zero-order valence-electron chi connectivity index (χ0n) is 81.5. The van der Waals surface area contributed by atoms with E-state index in [-0.39, 0.29) is 43.5 Å². The average Bonchev–Trinajstić information content (AvgIpc) is 1.65. The highest BCUT2D eigenvalue weighted by Crippen LogP contribution is 2.50. The fourth-order valence-corrected chi connectivity index (χ4v) is 21.0. The summed E-state index contributed by atoms with van der Waals surface area (Å²) in [5.74, 6) is 1.22. The number of halogens is 5. The number of anilines is 3. The number of rotatable bonds is 31. The lowest BCUT2D eigenvalue weighted by molar-refractivity contribution is 0.122. The highest BCUT2D eigenvalue weighted by molar-refractivity contribution is 14.1. The quantitative estimate of drug-likeness (QED) is 0.00698. The van der Waals surface area contributed by atoms with Gasteiger partial charge in [0, 0.05) is 114 Å². The van der Waals surface area contributed by atoms with Gasteiger partial charge < -0.3 is 105 Å². The largest absolute Gasteiger partial charge is 0.488 e. The lowest BCUT2D eigenvalue weighted by Crippen LogP contribution is -2.36. The summed E-state index contributed by atoms with van der Waals surface area (Å²) in [6.45, 7) is 51.2. The minimum absolute atomic E-state index is 0.0769. The number of ether oxygens (including phenoxy) is 8. The number of aromatic nitrogens is 6. The summed E-state index contributed by atoms with van der Waals surface area (Å²) >= 11 is 25.1. The van der Waals surface area contributed by atoms with Gasteiger partial charge in [-0.25, -0.2) is 0 Å². The van der Waals surface area contributed by atoms with Crippen LogP contribution >= 0.6 is 95.5 Å². The molecule has 3 saturated heterocycles. The van der Waals surface area contributed by atoms with Gasteiger partial charge in [-0.15, -0.1) is 15.3 Å². The molecule has 3 aliphatic heterocycles. The number of nitrogens with zero attached hydrogens (tertiary/aromatic N) is 6. The molecule has 0 spiro atoms. The zero-order chi connectivity index (χ0) is 100. The summed E-state index contributed by atoms with van der Waals surface area (Å²) in [5.41, 5.74) is 14.1. The molecule has 3 aromatic heterocycles. The Hall–Kier alpha value is -6.84. The molecular weight excluding hydrogens is 2100 g/mol. The summed E-state index contributed by atoms with van der Waals surface area (Å²) in [6.07, 6.45) is 0. The van der Waals surface area contributed by atoms with E-state index in [1.165, 1.54) is 23.8 Å². The molecule has 0 atom stereocenters. The van der Waals surface area contributed by atoms with E-state index in [9.17, 15) is 23.5 Å². The highest BCUT2D eigenvalue weighted by atomic mass is 127. The molecular formula is C97H132BBrCl3IN9O19P3Si3. The molecule has 15 rings (SSSR count). The average molecular weight is 2230 g/mol. The molecule has 0 amide bonds. The number of H-pyrrole nitrogens is 3. The molecule has 6 heterocycles. The van der Waals surface area contributed by atoms with Crippen molar-refractivity contribution in [2.24, 2.45) is 0 Å². The van der Waals surface area contributed by atoms with Gasteiger partial charge in [-0.2, -0.15) is 15.0 Å². The second kappa shape index (κ2) is 54.0. The van der Waals surface area contributed by atoms with Crippen molar-refractivity contribution in [3.8, 4) is 57.5 Å². The molecule has 12 aromatic rings. The number of hydrogen-bond acceptors (Lipinski definition) is 23. The Bertz CT molecular complexity index is 5900. The Balaban J connectivity index is 0.000000195. The normalized spacial score (nSPS) is 13.7. The van der Waals surface area contributed by atoms with Crippen LogP contribution < -0.4 is 50.3 Å². The van der Waals surface area contributed by atoms with Crippen LogP contribution in [0.2, 0.25) is 86.1 Å². The molecule has 0 radical (unpaired) electrons. The summed E-state index contributed by atoms with van der Waals surface area (Å²) in [4.78, 5) is 48.8. The first-order valence-corrected chi connectivity index (χ1v) is 65.9. The van der Waals surface area contributed by atoms with Gasteiger partial charge in [0.1, 0.15) is 23.9 Å². The fraction of sp³-hybridized carbons (Fsp3) is 0.412. The summed E-state index contributed by atoms with van der Waals surface area (Å²) in [7, 11) is -14.3. The van der Waals surface area contributed by atoms with Gasteiger partial charge in [0.2, 0.25) is 0 Å². The van der Waals surface area contributed by atoms with Crippen LogP contribution in [0.15, 0.2) is 164 Å². The molecule has 3 fully saturated rings. The maximum atomic E-state index is 13.4. The van der Waals surface area contributed by atoms with E-state index < -0.39 is 52.7 Å². The monoisotopic (exact) mass is 2230 g/mol. The lowest BCUT2D eigenvalue weighted by atomic mass is 9.80. The number of fused-ring (bicyclic) bond motifs is 3. The molecule has 0 saturated carbocycles. The minimum Gasteiger partial charge on any atom is -0.426 e. The third-order valence-electron chi connectivity index (χ3n) is 21.0. The molecule has 0 bridgehead atoms. The fourth-order valence-electron chi connectivity index (χ4n) is 13.9. The number of nitrogens with one attached hydrogen (secondary N) is 3. The first-order chi connectivity index (χ1) is 64.9. The molecule has 3 aliphatic rings. The third kappa shape index (κ3) is 36.2. The van der Waals surface area contributed by atoms with Crippen LogP contribution in [0.3, 0.4) is 0 Å². The van der Waals surface area contributed by atoms with Gasteiger partial charge in [-0.3, -0.25) is 13.7 Å². The van der Waals surface area contributed by atoms with E-state index >= 15 is 0 Å². The van der Waals surface area contributed by atoms with Crippen molar-refractivity contribution in [2.45, 2.75) is 133 Å². The van der Waals surface area contributed by atoms with Crippen molar-refractivity contribution < 1.29 is 89.5 Å². The SMILES string of the molecule is CCOCC[Si](C)(C)C.CCOCC[Si](C)(C)C.CCOP(=O)(OCC)c1cc(Oc2nc3cc(-c4ccc(N5CCOCC5)cc4)c(Cl)cc3[nH]2)ccc1C.CCOP(=O)(OCC)c1cc(Oc2nc3cc(I)c(Cl)cc3[nH]2)ccc1C.C[Si](C)(C)Br.Cc1ccc(Oc2nc3cc(-c4ccc(N5CCOCC5)cc4)c(Cl)cc3[nH]2)cc1P(=O)(O)O.OB(O)c1ccc(N2CCOCC2)cc1. The molecule has 137 heavy (non-hydrogen) atoms. The van der Waals surface area contributed by atoms with E-state index in [0.29, 0.717) is 71.3 Å². The van der Waals surface area contributed by atoms with E-state index in [1.54, 1.807) is 95.3 Å². The summed E-state index contributed by atoms with van der Waals surface area (Å²) in [5, 5.41) is 20.6. The lowest BCUT2D eigenvalue weighted by Gasteiger charge is -2.29. The Morgan fingerprint density at radius 2 is 0.715 bits per heavy atom. The summed E-state index contributed by atoms with van der Waals surface area (Å²) in [6, 6.07) is 53.6. The molecule has 28 nitrogen and oxygen atoms in total. The molecule has 7 N–H and O–H groups in total. The molecule has 0 aliphatic carbocycles. The first kappa shape index (κ1) is 114. The van der Waals surface area contributed by atoms with Gasteiger partial charge in [0.15, 0.2) is 0 Å². The van der Waals surface area contributed by atoms with Gasteiger partial charge in [-0.05, 0) is 239 Å². The van der Waals surface area contributed by atoms with Crippen molar-refractivity contribution in [3.63, 3.8) is 0 Å². The highest BCUT2D eigenvalue weighted by Gasteiger charge is 2.32. The van der Waals surface area contributed by atoms with Crippen LogP contribution in [0.4, 0.5) is 17.1 Å². The topological polar surface area (TPSA) is 339 Å². The number of aromatic amines is 3. The number of hydrogen-bond donors (Lipinski definition) is 7. The zero-order valence-corrected chi connectivity index (χ0v) is 93.2. The number of morpholine rings is 3. The number of aryl methyl sites for hydroxylation is 3. The van der Waals surface area contributed by atoms with E-state index in [4.69, 9.17) is 101 Å². The van der Waals surface area contributed by atoms with E-state index in [2.05, 4.69) is 178 Å². The maximum Gasteiger partial charge on any atom is 0.488 e. The predicted molar refractivity (Wildman–Crippen MR) is 580 cm³/mol.